The number of hydrogen-bond acceptors (Lipinski definition) is 3. The normalized spacial score (nSPS) is 8.94. The Labute approximate surface area is 95.4 Å². The number of benzene rings is 1. The van der Waals surface area contributed by atoms with Crippen molar-refractivity contribution in [1.29, 1.82) is 0 Å². The Morgan fingerprint density at radius 3 is 2.75 bits per heavy atom. The van der Waals surface area contributed by atoms with Crippen LogP contribution in [0, 0.1) is 18.8 Å². The lowest BCUT2D eigenvalue weighted by atomic mass is 10.1. The average Bonchev–Trinajstić information content (AvgIpc) is 2.27. The summed E-state index contributed by atoms with van der Waals surface area (Å²) in [5.41, 5.74) is 1.75. The lowest BCUT2D eigenvalue weighted by molar-refractivity contribution is -0.136. The van der Waals surface area contributed by atoms with Gasteiger partial charge >= 0.3 is 5.97 Å². The van der Waals surface area contributed by atoms with E-state index in [9.17, 15) is 4.79 Å². The van der Waals surface area contributed by atoms with Crippen molar-refractivity contribution in [3.8, 4) is 17.6 Å². The Balaban J connectivity index is 2.82. The van der Waals surface area contributed by atoms with Gasteiger partial charge in [-0.15, -0.1) is 0 Å². The molecule has 0 fully saturated rings. The van der Waals surface area contributed by atoms with Crippen LogP contribution in [0.1, 0.15) is 18.1 Å². The van der Waals surface area contributed by atoms with Crippen LogP contribution in [0.2, 0.25) is 0 Å². The van der Waals surface area contributed by atoms with Gasteiger partial charge in [-0.05, 0) is 37.6 Å². The first-order chi connectivity index (χ1) is 7.67. The van der Waals surface area contributed by atoms with E-state index < -0.39 is 5.97 Å². The van der Waals surface area contributed by atoms with Gasteiger partial charge in [-0.3, -0.25) is 0 Å². The summed E-state index contributed by atoms with van der Waals surface area (Å²) < 4.78 is 9.83. The van der Waals surface area contributed by atoms with Crippen LogP contribution < -0.4 is 4.74 Å². The smallest absolute Gasteiger partial charge is 0.384 e. The van der Waals surface area contributed by atoms with E-state index in [2.05, 4.69) is 11.8 Å². The molecule has 0 radical (unpaired) electrons. The van der Waals surface area contributed by atoms with Gasteiger partial charge in [-0.1, -0.05) is 5.92 Å². The average molecular weight is 218 g/mol. The van der Waals surface area contributed by atoms with Crippen LogP contribution in [0.4, 0.5) is 0 Å². The van der Waals surface area contributed by atoms with E-state index in [1.165, 1.54) is 0 Å². The molecule has 16 heavy (non-hydrogen) atoms. The molecule has 0 aromatic heterocycles. The lowest BCUT2D eigenvalue weighted by Gasteiger charge is -2.03. The molecule has 0 bridgehead atoms. The van der Waals surface area contributed by atoms with Gasteiger partial charge in [0.2, 0.25) is 0 Å². The second-order valence-corrected chi connectivity index (χ2v) is 3.15. The predicted molar refractivity (Wildman–Crippen MR) is 61.2 cm³/mol. The van der Waals surface area contributed by atoms with Crippen molar-refractivity contribution in [3.05, 3.63) is 29.3 Å². The zero-order valence-electron chi connectivity index (χ0n) is 9.66. The first-order valence-electron chi connectivity index (χ1n) is 5.00. The quantitative estimate of drug-likeness (QED) is 0.562. The highest BCUT2D eigenvalue weighted by atomic mass is 16.5. The van der Waals surface area contributed by atoms with Crippen molar-refractivity contribution in [2.24, 2.45) is 0 Å². The maximum Gasteiger partial charge on any atom is 0.384 e. The SMILES string of the molecule is CCOC(=O)C#Cc1ccc(OC)c(C)c1. The van der Waals surface area contributed by atoms with Crippen molar-refractivity contribution >= 4 is 5.97 Å². The second kappa shape index (κ2) is 5.82. The number of esters is 1. The maximum atomic E-state index is 11.0. The molecular weight excluding hydrogens is 204 g/mol. The highest BCUT2D eigenvalue weighted by Gasteiger charge is 1.98. The summed E-state index contributed by atoms with van der Waals surface area (Å²) in [6.07, 6.45) is 0. The zero-order chi connectivity index (χ0) is 12.0. The van der Waals surface area contributed by atoms with Gasteiger partial charge in [0.1, 0.15) is 5.75 Å². The summed E-state index contributed by atoms with van der Waals surface area (Å²) >= 11 is 0. The van der Waals surface area contributed by atoms with E-state index in [1.807, 2.05) is 19.1 Å². The van der Waals surface area contributed by atoms with Crippen molar-refractivity contribution in [2.45, 2.75) is 13.8 Å². The summed E-state index contributed by atoms with van der Waals surface area (Å²) in [6.45, 7) is 4.01. The van der Waals surface area contributed by atoms with E-state index in [1.54, 1.807) is 20.1 Å². The summed E-state index contributed by atoms with van der Waals surface area (Å²) in [6, 6.07) is 5.49. The van der Waals surface area contributed by atoms with Gasteiger partial charge in [0.05, 0.1) is 13.7 Å². The van der Waals surface area contributed by atoms with E-state index in [4.69, 9.17) is 9.47 Å². The van der Waals surface area contributed by atoms with Gasteiger partial charge in [0.25, 0.3) is 0 Å². The van der Waals surface area contributed by atoms with Crippen LogP contribution in [0.3, 0.4) is 0 Å². The molecule has 1 aromatic carbocycles. The molecule has 0 aliphatic carbocycles. The minimum absolute atomic E-state index is 0.342. The molecule has 0 unspecified atom stereocenters. The molecule has 84 valence electrons. The Bertz CT molecular complexity index is 438. The first kappa shape index (κ1) is 12.1. The Morgan fingerprint density at radius 1 is 1.44 bits per heavy atom. The van der Waals surface area contributed by atoms with Gasteiger partial charge in [-0.2, -0.15) is 0 Å². The minimum Gasteiger partial charge on any atom is -0.496 e. The van der Waals surface area contributed by atoms with Crippen LogP contribution in [0.25, 0.3) is 0 Å². The number of methoxy groups -OCH3 is 1. The predicted octanol–water partition coefficient (Wildman–Crippen LogP) is 1.92. The van der Waals surface area contributed by atoms with Gasteiger partial charge in [0, 0.05) is 11.5 Å². The fourth-order valence-corrected chi connectivity index (χ4v) is 1.25. The summed E-state index contributed by atoms with van der Waals surface area (Å²) in [4.78, 5) is 11.0. The second-order valence-electron chi connectivity index (χ2n) is 3.15. The molecule has 0 saturated heterocycles. The third-order valence-electron chi connectivity index (χ3n) is 1.98. The molecule has 3 nitrogen and oxygen atoms in total. The van der Waals surface area contributed by atoms with Crippen LogP contribution in [-0.2, 0) is 9.53 Å². The molecule has 1 rings (SSSR count). The van der Waals surface area contributed by atoms with Crippen LogP contribution >= 0.6 is 0 Å². The molecule has 0 amide bonds. The largest absolute Gasteiger partial charge is 0.496 e. The number of ether oxygens (including phenoxy) is 2. The van der Waals surface area contributed by atoms with Crippen molar-refractivity contribution in [3.63, 3.8) is 0 Å². The standard InChI is InChI=1S/C13H14O3/c1-4-16-13(14)8-6-11-5-7-12(15-3)10(2)9-11/h5,7,9H,4H2,1-3H3. The number of aryl methyl sites for hydroxylation is 1. The monoisotopic (exact) mass is 218 g/mol. The number of carbonyl (C=O) groups excluding carboxylic acids is 1. The molecule has 0 aliphatic rings. The van der Waals surface area contributed by atoms with E-state index >= 15 is 0 Å². The Hall–Kier alpha value is -1.95. The Kier molecular flexibility index (Phi) is 4.41. The Morgan fingerprint density at radius 2 is 2.19 bits per heavy atom. The molecular formula is C13H14O3. The fraction of sp³-hybridized carbons (Fsp3) is 0.308. The van der Waals surface area contributed by atoms with Gasteiger partial charge in [0.15, 0.2) is 0 Å². The van der Waals surface area contributed by atoms with Crippen LogP contribution in [0.5, 0.6) is 5.75 Å². The van der Waals surface area contributed by atoms with Gasteiger partial charge < -0.3 is 9.47 Å². The van der Waals surface area contributed by atoms with E-state index in [-0.39, 0.29) is 0 Å². The third-order valence-corrected chi connectivity index (χ3v) is 1.98. The maximum absolute atomic E-state index is 11.0. The summed E-state index contributed by atoms with van der Waals surface area (Å²) in [5, 5.41) is 0. The van der Waals surface area contributed by atoms with E-state index in [0.717, 1.165) is 16.9 Å². The van der Waals surface area contributed by atoms with Crippen molar-refractivity contribution < 1.29 is 14.3 Å². The lowest BCUT2D eigenvalue weighted by Crippen LogP contribution is -1.99. The fourth-order valence-electron chi connectivity index (χ4n) is 1.25. The minimum atomic E-state index is -0.504. The molecule has 0 heterocycles. The van der Waals surface area contributed by atoms with Crippen LogP contribution in [0.15, 0.2) is 18.2 Å². The zero-order valence-corrected chi connectivity index (χ0v) is 9.66. The number of rotatable bonds is 2. The number of carbonyl (C=O) groups is 1. The first-order valence-corrected chi connectivity index (χ1v) is 5.00. The van der Waals surface area contributed by atoms with Crippen LogP contribution in [-0.4, -0.2) is 19.7 Å². The molecule has 0 atom stereocenters. The topological polar surface area (TPSA) is 35.5 Å². The number of hydrogen-bond donors (Lipinski definition) is 0. The molecule has 0 saturated carbocycles. The van der Waals surface area contributed by atoms with Gasteiger partial charge in [-0.25, -0.2) is 4.79 Å². The molecule has 0 spiro atoms. The molecule has 1 aromatic rings. The van der Waals surface area contributed by atoms with Crippen molar-refractivity contribution in [1.82, 2.24) is 0 Å². The summed E-state index contributed by atoms with van der Waals surface area (Å²) in [5.74, 6) is 5.46. The highest BCUT2D eigenvalue weighted by Crippen LogP contribution is 2.17. The highest BCUT2D eigenvalue weighted by molar-refractivity contribution is 5.89. The molecule has 0 N–H and O–H groups in total. The summed E-state index contributed by atoms with van der Waals surface area (Å²) in [7, 11) is 1.62. The molecule has 0 aliphatic heterocycles. The third kappa shape index (κ3) is 3.32. The molecule has 3 heteroatoms. The van der Waals surface area contributed by atoms with E-state index in [0.29, 0.717) is 6.61 Å². The van der Waals surface area contributed by atoms with Crippen molar-refractivity contribution in [2.75, 3.05) is 13.7 Å².